The van der Waals surface area contributed by atoms with Crippen molar-refractivity contribution in [3.63, 3.8) is 0 Å². The Balaban J connectivity index is 2.68. The molecule has 48 valence electrons. The fourth-order valence-corrected chi connectivity index (χ4v) is 0.696. The van der Waals surface area contributed by atoms with Gasteiger partial charge in [0.15, 0.2) is 0 Å². The van der Waals surface area contributed by atoms with Crippen LogP contribution in [0.1, 0.15) is 0 Å². The van der Waals surface area contributed by atoms with E-state index in [-0.39, 0.29) is 5.91 Å². The Labute approximate surface area is 53.2 Å². The van der Waals surface area contributed by atoms with E-state index in [1.165, 1.54) is 0 Å². The van der Waals surface area contributed by atoms with Crippen LogP contribution in [0.5, 0.6) is 0 Å². The number of carbonyl (C=O) groups is 1. The number of hydrogen-bond donors (Lipinski definition) is 2. The smallest absolute Gasteiger partial charge is 0.250 e. The summed E-state index contributed by atoms with van der Waals surface area (Å²) >= 11 is 0. The lowest BCUT2D eigenvalue weighted by Crippen LogP contribution is -2.79. The topological polar surface area (TPSA) is 59.7 Å². The zero-order valence-corrected chi connectivity index (χ0v) is 5.00. The van der Waals surface area contributed by atoms with Crippen LogP contribution in [0, 0.1) is 0 Å². The highest BCUT2D eigenvalue weighted by Gasteiger charge is 2.06. The Hall–Kier alpha value is -1.09. The average molecular weight is 125 g/mol. The van der Waals surface area contributed by atoms with E-state index in [1.54, 1.807) is 6.08 Å². The molecule has 4 N–H and O–H groups in total. The van der Waals surface area contributed by atoms with Crippen LogP contribution in [0.2, 0.25) is 0 Å². The second kappa shape index (κ2) is 2.46. The minimum absolute atomic E-state index is 0.324. The van der Waals surface area contributed by atoms with Crippen molar-refractivity contribution in [3.8, 4) is 0 Å². The third kappa shape index (κ3) is 1.40. The fraction of sp³-hybridized carbons (Fsp3) is 0.167. The van der Waals surface area contributed by atoms with Crippen molar-refractivity contribution in [2.24, 2.45) is 5.73 Å². The first kappa shape index (κ1) is 6.04. The number of nitrogens with two attached hydrogens (primary N) is 2. The molecule has 1 rings (SSSR count). The van der Waals surface area contributed by atoms with Crippen LogP contribution in [0.25, 0.3) is 0 Å². The van der Waals surface area contributed by atoms with Crippen LogP contribution < -0.4 is 11.1 Å². The number of rotatable bonds is 1. The van der Waals surface area contributed by atoms with Crippen molar-refractivity contribution >= 4 is 5.91 Å². The van der Waals surface area contributed by atoms with Crippen LogP contribution in [-0.2, 0) is 4.79 Å². The van der Waals surface area contributed by atoms with Gasteiger partial charge in [0.2, 0.25) is 5.91 Å². The molecule has 1 aliphatic rings. The lowest BCUT2D eigenvalue weighted by molar-refractivity contribution is -0.580. The molecule has 1 aliphatic heterocycles. The minimum atomic E-state index is -0.324. The minimum Gasteiger partial charge on any atom is -0.366 e. The van der Waals surface area contributed by atoms with E-state index in [0.717, 1.165) is 0 Å². The van der Waals surface area contributed by atoms with Crippen LogP contribution >= 0.6 is 0 Å². The molecule has 0 aromatic rings. The molecule has 0 bridgehead atoms. The van der Waals surface area contributed by atoms with E-state index >= 15 is 0 Å². The fourth-order valence-electron chi connectivity index (χ4n) is 0.696. The number of quaternary nitrogens is 1. The molecule has 0 spiro atoms. The molecule has 1 amide bonds. The highest BCUT2D eigenvalue weighted by molar-refractivity contribution is 5.92. The monoisotopic (exact) mass is 125 g/mol. The van der Waals surface area contributed by atoms with Gasteiger partial charge in [0, 0.05) is 0 Å². The molecule has 1 heterocycles. The molecule has 0 fully saturated rings. The third-order valence-electron chi connectivity index (χ3n) is 1.20. The first-order chi connectivity index (χ1) is 4.30. The molecule has 0 radical (unpaired) electrons. The molecular formula is C6H9N2O+. The second-order valence-corrected chi connectivity index (χ2v) is 1.88. The van der Waals surface area contributed by atoms with Gasteiger partial charge in [-0.25, -0.2) is 0 Å². The summed E-state index contributed by atoms with van der Waals surface area (Å²) in [6.45, 7) is 0.672. The summed E-state index contributed by atoms with van der Waals surface area (Å²) in [5.74, 6) is -0.324. The number of hydrogen-bond acceptors (Lipinski definition) is 1. The van der Waals surface area contributed by atoms with Gasteiger partial charge in [0.1, 0.15) is 6.54 Å². The van der Waals surface area contributed by atoms with Crippen LogP contribution in [0.4, 0.5) is 0 Å². The summed E-state index contributed by atoms with van der Waals surface area (Å²) < 4.78 is 0. The predicted molar refractivity (Wildman–Crippen MR) is 33.2 cm³/mol. The van der Waals surface area contributed by atoms with E-state index < -0.39 is 0 Å². The molecular weight excluding hydrogens is 116 g/mol. The molecule has 0 saturated heterocycles. The quantitative estimate of drug-likeness (QED) is 0.439. The summed E-state index contributed by atoms with van der Waals surface area (Å²) in [5.41, 5.74) is 5.68. The van der Waals surface area contributed by atoms with Gasteiger partial charge in [0.05, 0.1) is 11.8 Å². The van der Waals surface area contributed by atoms with Crippen molar-refractivity contribution in [1.82, 2.24) is 0 Å². The van der Waals surface area contributed by atoms with E-state index in [4.69, 9.17) is 5.73 Å². The number of primary amides is 1. The molecule has 3 heteroatoms. The Bertz CT molecular complexity index is 181. The SMILES string of the molecule is NC(=O)C1=CC=C[NH2+]C1. The van der Waals surface area contributed by atoms with Crippen LogP contribution in [-0.4, -0.2) is 12.5 Å². The molecule has 9 heavy (non-hydrogen) atoms. The van der Waals surface area contributed by atoms with Crippen LogP contribution in [0.15, 0.2) is 23.9 Å². The van der Waals surface area contributed by atoms with Crippen molar-refractivity contribution in [2.45, 2.75) is 0 Å². The zero-order valence-electron chi connectivity index (χ0n) is 5.00. The van der Waals surface area contributed by atoms with Gasteiger partial charge in [-0.05, 0) is 12.2 Å². The van der Waals surface area contributed by atoms with Crippen LogP contribution in [0.3, 0.4) is 0 Å². The average Bonchev–Trinajstić information content (AvgIpc) is 1.90. The largest absolute Gasteiger partial charge is 0.366 e. The lowest BCUT2D eigenvalue weighted by Gasteiger charge is -2.00. The molecule has 0 saturated carbocycles. The molecule has 0 aromatic heterocycles. The Morgan fingerprint density at radius 1 is 1.78 bits per heavy atom. The Morgan fingerprint density at radius 3 is 2.89 bits per heavy atom. The first-order valence-electron chi connectivity index (χ1n) is 2.79. The summed E-state index contributed by atoms with van der Waals surface area (Å²) in [6, 6.07) is 0. The van der Waals surface area contributed by atoms with E-state index in [9.17, 15) is 4.79 Å². The summed E-state index contributed by atoms with van der Waals surface area (Å²) in [4.78, 5) is 10.5. The van der Waals surface area contributed by atoms with Crippen molar-refractivity contribution in [1.29, 1.82) is 0 Å². The standard InChI is InChI=1S/C6H8N2O/c7-6(9)5-2-1-3-8-4-5/h1-3,8H,4H2,(H2,7,9)/p+1. The zero-order chi connectivity index (χ0) is 6.69. The summed E-state index contributed by atoms with van der Waals surface area (Å²) in [6.07, 6.45) is 5.44. The van der Waals surface area contributed by atoms with Gasteiger partial charge in [-0.15, -0.1) is 0 Å². The predicted octanol–water partition coefficient (Wildman–Crippen LogP) is -1.51. The molecule has 0 unspecified atom stereocenters. The lowest BCUT2D eigenvalue weighted by atomic mass is 10.2. The van der Waals surface area contributed by atoms with E-state index in [1.807, 2.05) is 17.6 Å². The molecule has 0 aliphatic carbocycles. The maximum Gasteiger partial charge on any atom is 0.250 e. The molecule has 0 aromatic carbocycles. The van der Waals surface area contributed by atoms with Crippen molar-refractivity contribution in [2.75, 3.05) is 6.54 Å². The van der Waals surface area contributed by atoms with Crippen molar-refractivity contribution < 1.29 is 10.1 Å². The number of allylic oxidation sites excluding steroid dienone is 2. The van der Waals surface area contributed by atoms with Gasteiger partial charge in [-0.1, -0.05) is 0 Å². The Kier molecular flexibility index (Phi) is 1.65. The van der Waals surface area contributed by atoms with E-state index in [0.29, 0.717) is 12.1 Å². The van der Waals surface area contributed by atoms with Gasteiger partial charge in [0.25, 0.3) is 0 Å². The first-order valence-corrected chi connectivity index (χ1v) is 2.79. The normalized spacial score (nSPS) is 17.1. The van der Waals surface area contributed by atoms with Gasteiger partial charge < -0.3 is 11.1 Å². The number of carbonyl (C=O) groups excluding carboxylic acids is 1. The molecule has 3 nitrogen and oxygen atoms in total. The highest BCUT2D eigenvalue weighted by atomic mass is 16.1. The number of amides is 1. The van der Waals surface area contributed by atoms with Gasteiger partial charge in [-0.2, -0.15) is 0 Å². The van der Waals surface area contributed by atoms with E-state index in [2.05, 4.69) is 0 Å². The highest BCUT2D eigenvalue weighted by Crippen LogP contribution is 1.90. The summed E-state index contributed by atoms with van der Waals surface area (Å²) in [7, 11) is 0. The van der Waals surface area contributed by atoms with Gasteiger partial charge >= 0.3 is 0 Å². The maximum absolute atomic E-state index is 10.5. The second-order valence-electron chi connectivity index (χ2n) is 1.88. The third-order valence-corrected chi connectivity index (χ3v) is 1.20. The molecule has 0 atom stereocenters. The summed E-state index contributed by atoms with van der Waals surface area (Å²) in [5, 5.41) is 1.90. The van der Waals surface area contributed by atoms with Gasteiger partial charge in [-0.3, -0.25) is 4.79 Å². The maximum atomic E-state index is 10.5. The Morgan fingerprint density at radius 2 is 2.56 bits per heavy atom. The van der Waals surface area contributed by atoms with Crippen molar-refractivity contribution in [3.05, 3.63) is 23.9 Å².